The molecule has 2 aromatic carbocycles. The number of allylic oxidation sites excluding steroid dienone is 1. The summed E-state index contributed by atoms with van der Waals surface area (Å²) in [4.78, 5) is 16.2. The number of carbonyl (C=O) groups excluding carboxylic acids is 1. The molecule has 0 saturated heterocycles. The van der Waals surface area contributed by atoms with Gasteiger partial charge < -0.3 is 14.4 Å². The number of aromatic nitrogens is 2. The summed E-state index contributed by atoms with van der Waals surface area (Å²) in [5.74, 6) is -0.349. The van der Waals surface area contributed by atoms with Gasteiger partial charge in [0.25, 0.3) is 0 Å². The van der Waals surface area contributed by atoms with Crippen LogP contribution in [0.2, 0.25) is 0 Å². The molecule has 0 radical (unpaired) electrons. The van der Waals surface area contributed by atoms with E-state index in [1.54, 1.807) is 29.1 Å². The molecule has 1 aromatic heterocycles. The molecular weight excluding hydrogens is 311 g/mol. The highest BCUT2D eigenvalue weighted by Gasteiger charge is 2.27. The zero-order chi connectivity index (χ0) is 16.7. The Morgan fingerprint density at radius 2 is 2.08 bits per heavy atom. The lowest BCUT2D eigenvalue weighted by Gasteiger charge is -2.05. The first-order valence-corrected chi connectivity index (χ1v) is 7.17. The van der Waals surface area contributed by atoms with Gasteiger partial charge in [-0.25, -0.2) is 9.37 Å². The Morgan fingerprint density at radius 1 is 1.21 bits per heavy atom. The van der Waals surface area contributed by atoms with Crippen molar-refractivity contribution in [2.75, 3.05) is 0 Å². The number of benzene rings is 2. The monoisotopic (exact) mass is 322 g/mol. The fourth-order valence-electron chi connectivity index (χ4n) is 2.55. The van der Waals surface area contributed by atoms with Crippen LogP contribution < -0.4 is 4.74 Å². The van der Waals surface area contributed by atoms with E-state index >= 15 is 0 Å². The lowest BCUT2D eigenvalue weighted by Crippen LogP contribution is -1.99. The van der Waals surface area contributed by atoms with Crippen LogP contribution in [0.15, 0.2) is 60.9 Å². The summed E-state index contributed by atoms with van der Waals surface area (Å²) in [6, 6.07) is 8.89. The van der Waals surface area contributed by atoms with Crippen molar-refractivity contribution in [3.05, 3.63) is 77.8 Å². The quantitative estimate of drug-likeness (QED) is 0.735. The van der Waals surface area contributed by atoms with E-state index in [4.69, 9.17) is 4.74 Å². The van der Waals surface area contributed by atoms with Crippen molar-refractivity contribution < 1.29 is 19.0 Å². The number of rotatable bonds is 2. The lowest BCUT2D eigenvalue weighted by molar-refractivity contribution is 0.101. The highest BCUT2D eigenvalue weighted by Crippen LogP contribution is 2.34. The normalized spacial score (nSPS) is 14.7. The molecule has 0 bridgehead atoms. The Bertz CT molecular complexity index is 978. The number of phenols is 1. The highest BCUT2D eigenvalue weighted by atomic mass is 19.1. The summed E-state index contributed by atoms with van der Waals surface area (Å²) in [6.07, 6.45) is 6.18. The Morgan fingerprint density at radius 3 is 2.83 bits per heavy atom. The molecule has 2 heterocycles. The van der Waals surface area contributed by atoms with Crippen LogP contribution in [0, 0.1) is 5.82 Å². The van der Waals surface area contributed by atoms with E-state index in [0.29, 0.717) is 22.6 Å². The van der Waals surface area contributed by atoms with Crippen LogP contribution >= 0.6 is 0 Å². The fraction of sp³-hybridized carbons (Fsp3) is 0. The van der Waals surface area contributed by atoms with Gasteiger partial charge in [0.1, 0.15) is 17.3 Å². The average Bonchev–Trinajstić information content (AvgIpc) is 3.17. The van der Waals surface area contributed by atoms with Crippen LogP contribution in [-0.4, -0.2) is 20.4 Å². The molecule has 0 atom stereocenters. The molecule has 6 heteroatoms. The van der Waals surface area contributed by atoms with Crippen molar-refractivity contribution in [3.63, 3.8) is 0 Å². The predicted octanol–water partition coefficient (Wildman–Crippen LogP) is 3.33. The van der Waals surface area contributed by atoms with Crippen molar-refractivity contribution in [3.8, 4) is 17.2 Å². The fourth-order valence-corrected chi connectivity index (χ4v) is 2.55. The third kappa shape index (κ3) is 2.34. The van der Waals surface area contributed by atoms with Crippen molar-refractivity contribution in [2.24, 2.45) is 0 Å². The third-order valence-corrected chi connectivity index (χ3v) is 3.71. The van der Waals surface area contributed by atoms with Gasteiger partial charge in [-0.3, -0.25) is 4.79 Å². The van der Waals surface area contributed by atoms with Crippen molar-refractivity contribution in [2.45, 2.75) is 0 Å². The second-order valence-electron chi connectivity index (χ2n) is 5.30. The topological polar surface area (TPSA) is 64.4 Å². The maximum atomic E-state index is 14.3. The van der Waals surface area contributed by atoms with Gasteiger partial charge in [0.15, 0.2) is 5.76 Å². The molecular formula is C18H11FN2O3. The maximum absolute atomic E-state index is 14.3. The third-order valence-electron chi connectivity index (χ3n) is 3.71. The van der Waals surface area contributed by atoms with Crippen molar-refractivity contribution in [1.29, 1.82) is 0 Å². The number of Topliss-reactive ketones (excluding diaryl/α,β-unsaturated/α-hetero) is 1. The van der Waals surface area contributed by atoms with E-state index in [0.717, 1.165) is 0 Å². The second kappa shape index (κ2) is 5.34. The Balaban J connectivity index is 1.68. The van der Waals surface area contributed by atoms with Crippen LogP contribution in [-0.2, 0) is 0 Å². The Kier molecular flexibility index (Phi) is 3.16. The van der Waals surface area contributed by atoms with Crippen LogP contribution in [0.5, 0.6) is 11.5 Å². The van der Waals surface area contributed by atoms with Gasteiger partial charge in [0.05, 0.1) is 17.6 Å². The van der Waals surface area contributed by atoms with Gasteiger partial charge in [-0.15, -0.1) is 0 Å². The van der Waals surface area contributed by atoms with Gasteiger partial charge in [-0.2, -0.15) is 0 Å². The number of ketones is 1. The van der Waals surface area contributed by atoms with E-state index in [1.165, 1.54) is 36.7 Å². The van der Waals surface area contributed by atoms with Crippen molar-refractivity contribution >= 4 is 11.9 Å². The first kappa shape index (κ1) is 14.2. The van der Waals surface area contributed by atoms with Gasteiger partial charge in [-0.1, -0.05) is 6.07 Å². The maximum Gasteiger partial charge on any atom is 0.231 e. The number of nitrogens with zero attached hydrogens (tertiary/aromatic N) is 2. The van der Waals surface area contributed by atoms with E-state index in [1.807, 2.05) is 0 Å². The lowest BCUT2D eigenvalue weighted by atomic mass is 10.1. The molecule has 0 fully saturated rings. The van der Waals surface area contributed by atoms with Gasteiger partial charge in [0.2, 0.25) is 5.78 Å². The number of phenolic OH excluding ortho intramolecular Hbond substituents is 1. The molecule has 0 amide bonds. The standard InChI is InChI=1S/C18H11FN2O3/c19-14-7-11(1-4-15(14)21-6-5-20-10-21)8-17-18(23)13-3-2-12(22)9-16(13)24-17/h1-10,22H/b17-8+. The highest BCUT2D eigenvalue weighted by molar-refractivity contribution is 6.14. The van der Waals surface area contributed by atoms with Gasteiger partial charge in [0, 0.05) is 18.5 Å². The molecule has 0 aliphatic carbocycles. The minimum atomic E-state index is -0.442. The van der Waals surface area contributed by atoms with Crippen LogP contribution in [0.4, 0.5) is 4.39 Å². The summed E-state index contributed by atoms with van der Waals surface area (Å²) in [7, 11) is 0. The van der Waals surface area contributed by atoms with Crippen molar-refractivity contribution in [1.82, 2.24) is 9.55 Å². The number of hydrogen-bond acceptors (Lipinski definition) is 4. The van der Waals surface area contributed by atoms with Crippen LogP contribution in [0.25, 0.3) is 11.8 Å². The molecule has 1 aliphatic heterocycles. The molecule has 1 N–H and O–H groups in total. The molecule has 5 nitrogen and oxygen atoms in total. The second-order valence-corrected chi connectivity index (χ2v) is 5.30. The number of halogens is 1. The van der Waals surface area contributed by atoms with E-state index < -0.39 is 5.82 Å². The summed E-state index contributed by atoms with van der Waals surface area (Å²) >= 11 is 0. The molecule has 24 heavy (non-hydrogen) atoms. The first-order valence-electron chi connectivity index (χ1n) is 7.17. The minimum Gasteiger partial charge on any atom is -0.508 e. The molecule has 0 unspecified atom stereocenters. The summed E-state index contributed by atoms with van der Waals surface area (Å²) < 4.78 is 21.3. The molecule has 4 rings (SSSR count). The zero-order valence-electron chi connectivity index (χ0n) is 12.3. The number of hydrogen-bond donors (Lipinski definition) is 1. The zero-order valence-corrected chi connectivity index (χ0v) is 12.3. The number of carbonyl (C=O) groups is 1. The van der Waals surface area contributed by atoms with Gasteiger partial charge >= 0.3 is 0 Å². The SMILES string of the molecule is O=C1/C(=C\c2ccc(-n3ccnc3)c(F)c2)Oc2cc(O)ccc21. The summed E-state index contributed by atoms with van der Waals surface area (Å²) in [5.41, 5.74) is 1.23. The molecule has 118 valence electrons. The summed E-state index contributed by atoms with van der Waals surface area (Å²) in [5, 5.41) is 9.45. The smallest absolute Gasteiger partial charge is 0.231 e. The molecule has 0 saturated carbocycles. The number of aromatic hydroxyl groups is 1. The van der Waals surface area contributed by atoms with Crippen LogP contribution in [0.1, 0.15) is 15.9 Å². The summed E-state index contributed by atoms with van der Waals surface area (Å²) in [6.45, 7) is 0. The van der Waals surface area contributed by atoms with Gasteiger partial charge in [-0.05, 0) is 35.9 Å². The molecule has 0 spiro atoms. The number of ether oxygens (including phenoxy) is 1. The largest absolute Gasteiger partial charge is 0.508 e. The Labute approximate surface area is 136 Å². The minimum absolute atomic E-state index is 0.0125. The van der Waals surface area contributed by atoms with E-state index in [9.17, 15) is 14.3 Å². The van der Waals surface area contributed by atoms with E-state index in [2.05, 4.69) is 4.98 Å². The average molecular weight is 322 g/mol. The number of imidazole rings is 1. The molecule has 1 aliphatic rings. The molecule has 3 aromatic rings. The Hall–Kier alpha value is -3.41. The van der Waals surface area contributed by atoms with Crippen LogP contribution in [0.3, 0.4) is 0 Å². The predicted molar refractivity (Wildman–Crippen MR) is 84.6 cm³/mol. The number of fused-ring (bicyclic) bond motifs is 1. The van der Waals surface area contributed by atoms with E-state index in [-0.39, 0.29) is 17.3 Å². The first-order chi connectivity index (χ1) is 11.6.